The lowest BCUT2D eigenvalue weighted by atomic mass is 9.89. The Kier molecular flexibility index (Phi) is 8.78. The summed E-state index contributed by atoms with van der Waals surface area (Å²) in [5.41, 5.74) is 3.01. The van der Waals surface area contributed by atoms with E-state index in [4.69, 9.17) is 11.6 Å². The first kappa shape index (κ1) is 29.2. The van der Waals surface area contributed by atoms with Crippen molar-refractivity contribution in [2.75, 3.05) is 26.0 Å². The minimum atomic E-state index is -0.344. The van der Waals surface area contributed by atoms with E-state index in [2.05, 4.69) is 19.0 Å². The maximum absolute atomic E-state index is 15.3. The predicted octanol–water partition coefficient (Wildman–Crippen LogP) is 7.86. The summed E-state index contributed by atoms with van der Waals surface area (Å²) in [6.07, 6.45) is 3.66. The summed E-state index contributed by atoms with van der Waals surface area (Å²) in [6.45, 7) is 1.68. The zero-order chi connectivity index (χ0) is 29.3. The Morgan fingerprint density at radius 3 is 2.17 bits per heavy atom. The highest BCUT2D eigenvalue weighted by molar-refractivity contribution is 7.21. The van der Waals surface area contributed by atoms with Crippen LogP contribution in [0.3, 0.4) is 0 Å². The standard InChI is InChI=1S/C33H35ClFN3O2S/c1-21(39)37(4)26-12-9-22(10-13-26)23-11-18-29(35)24(19-23)20-38(27-16-14-25(15-17-27)36(2)3)33(40)32-31(34)28-7-5-6-8-30(28)41-32/h5-13,18-19,25,27H,14-17,20H2,1-4H3/t25-,27-. The molecule has 214 valence electrons. The van der Waals surface area contributed by atoms with Crippen molar-refractivity contribution in [2.45, 2.75) is 51.2 Å². The molecular formula is C33H35ClFN3O2S. The number of anilines is 1. The fraction of sp³-hybridized carbons (Fsp3) is 0.333. The normalized spacial score (nSPS) is 17.1. The van der Waals surface area contributed by atoms with Gasteiger partial charge < -0.3 is 14.7 Å². The SMILES string of the molecule is CC(=O)N(C)c1ccc(-c2ccc(F)c(CN(C(=O)c3sc4ccccc4c3Cl)[C@H]3CC[C@H](N(C)C)CC3)c2)cc1. The van der Waals surface area contributed by atoms with Crippen LogP contribution in [0.2, 0.25) is 5.02 Å². The van der Waals surface area contributed by atoms with E-state index in [1.54, 1.807) is 18.0 Å². The molecule has 1 aromatic heterocycles. The Morgan fingerprint density at radius 2 is 1.54 bits per heavy atom. The lowest BCUT2D eigenvalue weighted by Crippen LogP contribution is -2.44. The van der Waals surface area contributed by atoms with Gasteiger partial charge in [0.15, 0.2) is 0 Å². The molecule has 1 fully saturated rings. The molecule has 1 aliphatic rings. The largest absolute Gasteiger partial charge is 0.330 e. The van der Waals surface area contributed by atoms with Gasteiger partial charge in [-0.05, 0) is 81.2 Å². The first-order valence-corrected chi connectivity index (χ1v) is 15.1. The Hall–Kier alpha value is -3.26. The van der Waals surface area contributed by atoms with Crippen LogP contribution in [-0.4, -0.2) is 54.8 Å². The number of hydrogen-bond acceptors (Lipinski definition) is 4. The lowest BCUT2D eigenvalue weighted by Gasteiger charge is -2.39. The molecule has 0 atom stereocenters. The third-order valence-electron chi connectivity index (χ3n) is 8.27. The van der Waals surface area contributed by atoms with Crippen molar-refractivity contribution >= 4 is 50.5 Å². The number of nitrogens with zero attached hydrogens (tertiary/aromatic N) is 3. The van der Waals surface area contributed by atoms with Crippen LogP contribution in [0, 0.1) is 5.82 Å². The van der Waals surface area contributed by atoms with E-state index in [0.29, 0.717) is 21.5 Å². The van der Waals surface area contributed by atoms with E-state index in [-0.39, 0.29) is 30.2 Å². The first-order valence-electron chi connectivity index (χ1n) is 13.9. The van der Waals surface area contributed by atoms with Crippen molar-refractivity contribution in [3.63, 3.8) is 0 Å². The molecule has 3 aromatic carbocycles. The molecule has 0 N–H and O–H groups in total. The second-order valence-corrected chi connectivity index (χ2v) is 12.5. The van der Waals surface area contributed by atoms with E-state index < -0.39 is 0 Å². The zero-order valence-corrected chi connectivity index (χ0v) is 25.4. The Bertz CT molecular complexity index is 1560. The topological polar surface area (TPSA) is 43.9 Å². The smallest absolute Gasteiger partial charge is 0.266 e. The van der Waals surface area contributed by atoms with Gasteiger partial charge in [0.2, 0.25) is 5.91 Å². The van der Waals surface area contributed by atoms with Gasteiger partial charge in [-0.2, -0.15) is 0 Å². The number of hydrogen-bond donors (Lipinski definition) is 0. The second kappa shape index (κ2) is 12.3. The van der Waals surface area contributed by atoms with Crippen LogP contribution in [0.25, 0.3) is 21.2 Å². The van der Waals surface area contributed by atoms with Gasteiger partial charge >= 0.3 is 0 Å². The van der Waals surface area contributed by atoms with Crippen LogP contribution in [0.15, 0.2) is 66.7 Å². The highest BCUT2D eigenvalue weighted by Gasteiger charge is 2.32. The number of halogens is 2. The highest BCUT2D eigenvalue weighted by Crippen LogP contribution is 2.38. The molecule has 4 aromatic rings. The Labute approximate surface area is 250 Å². The van der Waals surface area contributed by atoms with Crippen molar-refractivity contribution in [3.05, 3.63) is 88.0 Å². The lowest BCUT2D eigenvalue weighted by molar-refractivity contribution is -0.116. The molecule has 0 saturated heterocycles. The molecule has 1 aliphatic carbocycles. The average Bonchev–Trinajstić information content (AvgIpc) is 3.32. The van der Waals surface area contributed by atoms with Crippen molar-refractivity contribution in [2.24, 2.45) is 0 Å². The Balaban J connectivity index is 1.47. The van der Waals surface area contributed by atoms with Gasteiger partial charge in [0.1, 0.15) is 10.7 Å². The molecule has 0 bridgehead atoms. The second-order valence-electron chi connectivity index (χ2n) is 11.0. The minimum absolute atomic E-state index is 0.00978. The number of carbonyl (C=O) groups is 2. The van der Waals surface area contributed by atoms with E-state index in [1.165, 1.54) is 24.3 Å². The van der Waals surface area contributed by atoms with E-state index in [9.17, 15) is 9.59 Å². The van der Waals surface area contributed by atoms with Crippen LogP contribution >= 0.6 is 22.9 Å². The number of benzene rings is 3. The molecule has 0 unspecified atom stereocenters. The molecule has 1 heterocycles. The molecule has 0 radical (unpaired) electrons. The summed E-state index contributed by atoms with van der Waals surface area (Å²) in [7, 11) is 5.92. The molecule has 0 aliphatic heterocycles. The molecule has 2 amide bonds. The molecule has 5 nitrogen and oxygen atoms in total. The van der Waals surface area contributed by atoms with E-state index in [0.717, 1.165) is 52.6 Å². The van der Waals surface area contributed by atoms with Crippen LogP contribution < -0.4 is 4.90 Å². The molecule has 1 saturated carbocycles. The third kappa shape index (κ3) is 6.17. The fourth-order valence-electron chi connectivity index (χ4n) is 5.65. The number of carbonyl (C=O) groups excluding carboxylic acids is 2. The molecule has 41 heavy (non-hydrogen) atoms. The number of fused-ring (bicyclic) bond motifs is 1. The van der Waals surface area contributed by atoms with Gasteiger partial charge in [-0.1, -0.05) is 48.0 Å². The summed E-state index contributed by atoms with van der Waals surface area (Å²) in [5, 5.41) is 1.33. The van der Waals surface area contributed by atoms with Gasteiger partial charge in [-0.3, -0.25) is 9.59 Å². The fourth-order valence-corrected chi connectivity index (χ4v) is 7.12. The zero-order valence-electron chi connectivity index (χ0n) is 23.9. The summed E-state index contributed by atoms with van der Waals surface area (Å²) >= 11 is 8.15. The predicted molar refractivity (Wildman–Crippen MR) is 167 cm³/mol. The van der Waals surface area contributed by atoms with Gasteiger partial charge in [0.25, 0.3) is 5.91 Å². The van der Waals surface area contributed by atoms with Crippen LogP contribution in [0.4, 0.5) is 10.1 Å². The van der Waals surface area contributed by atoms with Crippen molar-refractivity contribution in [1.82, 2.24) is 9.80 Å². The molecule has 0 spiro atoms. The van der Waals surface area contributed by atoms with Crippen molar-refractivity contribution in [3.8, 4) is 11.1 Å². The van der Waals surface area contributed by atoms with Crippen LogP contribution in [0.1, 0.15) is 47.8 Å². The minimum Gasteiger partial charge on any atom is -0.330 e. The first-order chi connectivity index (χ1) is 19.6. The van der Waals surface area contributed by atoms with Crippen molar-refractivity contribution < 1.29 is 14.0 Å². The van der Waals surface area contributed by atoms with Gasteiger partial charge in [0, 0.05) is 53.9 Å². The summed E-state index contributed by atoms with van der Waals surface area (Å²) in [4.78, 5) is 32.1. The summed E-state index contributed by atoms with van der Waals surface area (Å²) < 4.78 is 16.3. The Morgan fingerprint density at radius 1 is 0.902 bits per heavy atom. The van der Waals surface area contributed by atoms with Crippen LogP contribution in [0.5, 0.6) is 0 Å². The van der Waals surface area contributed by atoms with E-state index >= 15 is 4.39 Å². The van der Waals surface area contributed by atoms with E-state index in [1.807, 2.05) is 59.5 Å². The quantitative estimate of drug-likeness (QED) is 0.220. The molecule has 8 heteroatoms. The monoisotopic (exact) mass is 591 g/mol. The molecule has 5 rings (SSSR count). The van der Waals surface area contributed by atoms with Gasteiger partial charge in [-0.25, -0.2) is 4.39 Å². The summed E-state index contributed by atoms with van der Waals surface area (Å²) in [6, 6.07) is 20.9. The van der Waals surface area contributed by atoms with Gasteiger partial charge in [-0.15, -0.1) is 11.3 Å². The van der Waals surface area contributed by atoms with Crippen molar-refractivity contribution in [1.29, 1.82) is 0 Å². The van der Waals surface area contributed by atoms with Gasteiger partial charge in [0.05, 0.1) is 5.02 Å². The highest BCUT2D eigenvalue weighted by atomic mass is 35.5. The number of thiophene rings is 1. The summed E-state index contributed by atoms with van der Waals surface area (Å²) in [5.74, 6) is -0.542. The maximum atomic E-state index is 15.3. The number of amides is 2. The third-order valence-corrected chi connectivity index (χ3v) is 9.94. The average molecular weight is 592 g/mol. The molecular weight excluding hydrogens is 557 g/mol. The van der Waals surface area contributed by atoms with Crippen LogP contribution in [-0.2, 0) is 11.3 Å². The maximum Gasteiger partial charge on any atom is 0.266 e. The number of rotatable bonds is 7.